The van der Waals surface area contributed by atoms with Crippen LogP contribution in [0.15, 0.2) is 115 Å². The summed E-state index contributed by atoms with van der Waals surface area (Å²) >= 11 is 1.46. The molecule has 0 fully saturated rings. The van der Waals surface area contributed by atoms with Gasteiger partial charge in [0.05, 0.1) is 0 Å². The third-order valence-corrected chi connectivity index (χ3v) is 8.23. The topological polar surface area (TPSA) is 3.24 Å². The summed E-state index contributed by atoms with van der Waals surface area (Å²) in [5, 5.41) is 0. The van der Waals surface area contributed by atoms with Crippen LogP contribution in [0, 0.1) is 12.1 Å². The second-order valence-corrected chi connectivity index (χ2v) is 11.5. The van der Waals surface area contributed by atoms with Crippen molar-refractivity contribution in [1.82, 2.24) is 0 Å². The van der Waals surface area contributed by atoms with E-state index >= 15 is 0 Å². The van der Waals surface area contributed by atoms with Gasteiger partial charge in [-0.15, -0.1) is 23.6 Å². The van der Waals surface area contributed by atoms with Crippen molar-refractivity contribution in [2.24, 2.45) is 0 Å². The Kier molecular flexibility index (Phi) is 14.8. The molecule has 0 spiro atoms. The van der Waals surface area contributed by atoms with Crippen molar-refractivity contribution >= 4 is 8.89 Å². The van der Waals surface area contributed by atoms with Gasteiger partial charge in [0.15, 0.2) is 0 Å². The van der Waals surface area contributed by atoms with Crippen LogP contribution in [0.1, 0.15) is 56.4 Å². The third-order valence-electron chi connectivity index (χ3n) is 6.81. The minimum absolute atomic E-state index is 0. The zero-order valence-electron chi connectivity index (χ0n) is 24.2. The maximum absolute atomic E-state index is 3.44. The van der Waals surface area contributed by atoms with E-state index in [0.29, 0.717) is 12.1 Å². The average molecular weight is 658 g/mol. The molecule has 0 bridgehead atoms. The summed E-state index contributed by atoms with van der Waals surface area (Å²) in [5.41, 5.74) is 9.57. The number of fused-ring (bicyclic) bond motifs is 3. The quantitative estimate of drug-likeness (QED) is 0.263. The van der Waals surface area contributed by atoms with Crippen molar-refractivity contribution in [3.8, 4) is 11.1 Å². The fourth-order valence-corrected chi connectivity index (χ4v) is 5.98. The minimum atomic E-state index is 0. The van der Waals surface area contributed by atoms with Crippen LogP contribution >= 0.6 is 0 Å². The van der Waals surface area contributed by atoms with E-state index < -0.39 is 0 Å². The molecule has 0 aromatic heterocycles. The van der Waals surface area contributed by atoms with E-state index in [9.17, 15) is 0 Å². The summed E-state index contributed by atoms with van der Waals surface area (Å²) in [6.45, 7) is 9.07. The van der Waals surface area contributed by atoms with Crippen LogP contribution in [0.25, 0.3) is 11.1 Å². The van der Waals surface area contributed by atoms with Crippen molar-refractivity contribution in [2.45, 2.75) is 52.6 Å². The second kappa shape index (κ2) is 17.4. The van der Waals surface area contributed by atoms with Gasteiger partial charge in [0, 0.05) is 12.1 Å². The molecule has 4 aromatic rings. The fourth-order valence-electron chi connectivity index (χ4n) is 5.16. The van der Waals surface area contributed by atoms with E-state index in [4.69, 9.17) is 0 Å². The summed E-state index contributed by atoms with van der Waals surface area (Å²) in [5.74, 6) is 0. The maximum atomic E-state index is 3.44. The Labute approximate surface area is 274 Å². The molecule has 4 aromatic carbocycles. The normalized spacial score (nSPS) is 11.7. The van der Waals surface area contributed by atoms with E-state index in [2.05, 4.69) is 148 Å². The predicted octanol–water partition coefficient (Wildman–Crippen LogP) is 2.80. The van der Waals surface area contributed by atoms with Crippen molar-refractivity contribution in [1.29, 1.82) is 0 Å². The number of anilines is 1. The van der Waals surface area contributed by atoms with E-state index in [0.717, 1.165) is 12.8 Å². The molecule has 0 radical (unpaired) electrons. The van der Waals surface area contributed by atoms with Crippen molar-refractivity contribution in [3.63, 3.8) is 0 Å². The van der Waals surface area contributed by atoms with Crippen LogP contribution in [0.5, 0.6) is 0 Å². The predicted molar refractivity (Wildman–Crippen MR) is 164 cm³/mol. The SMILES string of the molecule is CC(C)N(c1cc[c-]c2c1-c1ccccc1C2)C(C)C.[C-]1=CC=CC1.[Cl-].[Cl-].[Zr+2]=[C](c1ccccc1)c1ccccc1. The van der Waals surface area contributed by atoms with Gasteiger partial charge in [-0.2, -0.15) is 18.2 Å². The Morgan fingerprint density at radius 1 is 0.756 bits per heavy atom. The summed E-state index contributed by atoms with van der Waals surface area (Å²) in [4.78, 5) is 2.51. The molecule has 210 valence electrons. The van der Waals surface area contributed by atoms with Crippen LogP contribution in [0.3, 0.4) is 0 Å². The first kappa shape index (κ1) is 34.7. The number of allylic oxidation sites excluding steroid dienone is 4. The van der Waals surface area contributed by atoms with E-state index in [-0.39, 0.29) is 24.8 Å². The van der Waals surface area contributed by atoms with Crippen LogP contribution < -0.4 is 29.7 Å². The molecular formula is C37H37Cl2NZr-2. The first-order chi connectivity index (χ1) is 19.0. The van der Waals surface area contributed by atoms with Gasteiger partial charge in [0.2, 0.25) is 0 Å². The molecule has 0 saturated heterocycles. The van der Waals surface area contributed by atoms with Crippen molar-refractivity contribution in [2.75, 3.05) is 4.90 Å². The number of nitrogens with zero attached hydrogens (tertiary/aromatic N) is 1. The molecule has 4 heteroatoms. The second-order valence-electron chi connectivity index (χ2n) is 10.3. The zero-order chi connectivity index (χ0) is 27.6. The van der Waals surface area contributed by atoms with Crippen molar-refractivity contribution in [3.05, 3.63) is 150 Å². The Hall–Kier alpha value is -2.51. The van der Waals surface area contributed by atoms with Gasteiger partial charge in [-0.1, -0.05) is 41.1 Å². The standard InChI is InChI=1S/C19H22N.C13H10.C5H5.2ClH.Zr/c1-13(2)20(14(3)4)18-11-7-9-16-12-15-8-5-6-10-17(15)19(16)18;1-3-7-12(8-4-1)11-13-9-5-2-6-10-13;1-2-4-5-3-1;;;/h5-8,10-11,13-14H,12H2,1-4H3;1-10H;1-3H,4H2;2*1H;/q-1;;-1;;;+2/p-2. The molecular weight excluding hydrogens is 621 g/mol. The summed E-state index contributed by atoms with van der Waals surface area (Å²) in [7, 11) is 0. The van der Waals surface area contributed by atoms with Crippen LogP contribution in [0.2, 0.25) is 0 Å². The summed E-state index contributed by atoms with van der Waals surface area (Å²) in [6, 6.07) is 38.6. The van der Waals surface area contributed by atoms with Gasteiger partial charge < -0.3 is 29.7 Å². The van der Waals surface area contributed by atoms with Gasteiger partial charge in [-0.25, -0.2) is 12.2 Å². The molecule has 0 atom stereocenters. The van der Waals surface area contributed by atoms with Gasteiger partial charge >= 0.3 is 99.2 Å². The van der Waals surface area contributed by atoms with Crippen molar-refractivity contribution < 1.29 is 49.0 Å². The molecule has 0 aliphatic heterocycles. The Balaban J connectivity index is 0.000000244. The number of rotatable bonds is 5. The molecule has 0 amide bonds. The average Bonchev–Trinajstić information content (AvgIpc) is 3.66. The van der Waals surface area contributed by atoms with Gasteiger partial charge in [0.1, 0.15) is 0 Å². The molecule has 41 heavy (non-hydrogen) atoms. The number of benzene rings is 4. The first-order valence-corrected chi connectivity index (χ1v) is 15.0. The Morgan fingerprint density at radius 3 is 1.80 bits per heavy atom. The van der Waals surface area contributed by atoms with E-state index in [1.165, 1.54) is 66.5 Å². The number of hydrogen-bond donors (Lipinski definition) is 0. The summed E-state index contributed by atoms with van der Waals surface area (Å²) < 4.78 is 1.42. The Bertz CT molecular complexity index is 1370. The molecule has 0 N–H and O–H groups in total. The molecule has 0 heterocycles. The van der Waals surface area contributed by atoms with Crippen LogP contribution in [0.4, 0.5) is 5.69 Å². The van der Waals surface area contributed by atoms with Crippen LogP contribution in [-0.4, -0.2) is 15.3 Å². The molecule has 0 saturated carbocycles. The monoisotopic (exact) mass is 655 g/mol. The molecule has 6 rings (SSSR count). The number of hydrogen-bond acceptors (Lipinski definition) is 1. The molecule has 2 aliphatic rings. The van der Waals surface area contributed by atoms with Gasteiger partial charge in [-0.05, 0) is 34.1 Å². The van der Waals surface area contributed by atoms with Gasteiger partial charge in [-0.3, -0.25) is 6.08 Å². The van der Waals surface area contributed by atoms with E-state index in [1.807, 2.05) is 12.2 Å². The molecule has 2 aliphatic carbocycles. The number of halogens is 2. The summed E-state index contributed by atoms with van der Waals surface area (Å²) in [6.07, 6.45) is 11.0. The zero-order valence-corrected chi connectivity index (χ0v) is 28.2. The Morgan fingerprint density at radius 2 is 1.32 bits per heavy atom. The van der Waals surface area contributed by atoms with E-state index in [1.54, 1.807) is 0 Å². The van der Waals surface area contributed by atoms with Crippen LogP contribution in [-0.2, 0) is 30.7 Å². The molecule has 0 unspecified atom stereocenters. The first-order valence-electron chi connectivity index (χ1n) is 13.8. The van der Waals surface area contributed by atoms with Gasteiger partial charge in [0.25, 0.3) is 0 Å². The fraction of sp³-hybridized carbons (Fsp3) is 0.216. The molecule has 1 nitrogen and oxygen atoms in total. The third kappa shape index (κ3) is 9.24.